The molecule has 1 heterocycles. The van der Waals surface area contributed by atoms with Crippen LogP contribution < -0.4 is 5.32 Å². The van der Waals surface area contributed by atoms with Crippen molar-refractivity contribution in [2.75, 3.05) is 0 Å². The zero-order valence-corrected chi connectivity index (χ0v) is 12.9. The largest absolute Gasteiger partial charge is 0.467 e. The van der Waals surface area contributed by atoms with Gasteiger partial charge in [-0.3, -0.25) is 0 Å². The summed E-state index contributed by atoms with van der Waals surface area (Å²) < 4.78 is 12.3. The van der Waals surface area contributed by atoms with Gasteiger partial charge in [0.2, 0.25) is 0 Å². The molecule has 0 aliphatic heterocycles. The maximum atomic E-state index is 5.74. The third-order valence-electron chi connectivity index (χ3n) is 3.39. The second-order valence-corrected chi connectivity index (χ2v) is 6.06. The normalized spacial score (nSPS) is 14.7. The van der Waals surface area contributed by atoms with E-state index in [9.17, 15) is 0 Å². The quantitative estimate of drug-likeness (QED) is 0.830. The Morgan fingerprint density at radius 2 is 2.15 bits per heavy atom. The third-order valence-corrected chi connectivity index (χ3v) is 3.88. The molecule has 1 aromatic carbocycles. The van der Waals surface area contributed by atoms with E-state index in [2.05, 4.69) is 33.4 Å². The summed E-state index contributed by atoms with van der Waals surface area (Å²) >= 11 is 3.46. The molecule has 0 spiro atoms. The van der Waals surface area contributed by atoms with Gasteiger partial charge in [0.15, 0.2) is 0 Å². The van der Waals surface area contributed by atoms with E-state index in [1.807, 2.05) is 18.2 Å². The van der Waals surface area contributed by atoms with Crippen molar-refractivity contribution in [3.63, 3.8) is 0 Å². The Labute approximate surface area is 127 Å². The number of benzene rings is 1. The van der Waals surface area contributed by atoms with E-state index in [0.717, 1.165) is 22.3 Å². The van der Waals surface area contributed by atoms with Crippen molar-refractivity contribution in [1.29, 1.82) is 0 Å². The van der Waals surface area contributed by atoms with Crippen molar-refractivity contribution >= 4 is 15.9 Å². The highest BCUT2D eigenvalue weighted by atomic mass is 79.9. The lowest BCUT2D eigenvalue weighted by Crippen LogP contribution is -2.15. The molecule has 1 aliphatic carbocycles. The summed E-state index contributed by atoms with van der Waals surface area (Å²) in [5, 5.41) is 3.49. The van der Waals surface area contributed by atoms with Crippen LogP contribution in [0.25, 0.3) is 0 Å². The number of halogens is 1. The van der Waals surface area contributed by atoms with Gasteiger partial charge in [-0.1, -0.05) is 28.1 Å². The number of hydrogen-bond acceptors (Lipinski definition) is 3. The summed E-state index contributed by atoms with van der Waals surface area (Å²) in [6.07, 6.45) is 4.33. The first-order valence-electron chi connectivity index (χ1n) is 6.92. The van der Waals surface area contributed by atoms with Crippen molar-refractivity contribution in [3.8, 4) is 0 Å². The van der Waals surface area contributed by atoms with Crippen molar-refractivity contribution in [3.05, 3.63) is 58.0 Å². The molecule has 0 radical (unpaired) electrons. The molecule has 1 fully saturated rings. The molecule has 20 heavy (non-hydrogen) atoms. The standard InChI is InChI=1S/C16H18BrNO2/c17-14-3-1-2-12(8-14)10-19-11-16-13(6-7-20-16)9-18-15-4-5-15/h1-3,6-8,15,18H,4-5,9-11H2. The summed E-state index contributed by atoms with van der Waals surface area (Å²) in [5.74, 6) is 0.924. The molecule has 1 saturated carbocycles. The Hall–Kier alpha value is -1.10. The van der Waals surface area contributed by atoms with Gasteiger partial charge in [-0.2, -0.15) is 0 Å². The molecule has 0 bridgehead atoms. The Morgan fingerprint density at radius 3 is 2.95 bits per heavy atom. The predicted octanol–water partition coefficient (Wildman–Crippen LogP) is 4.01. The fourth-order valence-electron chi connectivity index (χ4n) is 2.08. The minimum absolute atomic E-state index is 0.515. The Bertz CT molecular complexity index is 563. The fourth-order valence-corrected chi connectivity index (χ4v) is 2.53. The molecular weight excluding hydrogens is 318 g/mol. The molecule has 3 nitrogen and oxygen atoms in total. The van der Waals surface area contributed by atoms with Crippen LogP contribution in [0.15, 0.2) is 45.5 Å². The SMILES string of the molecule is Brc1cccc(COCc2occc2CNC2CC2)c1. The molecule has 1 aromatic heterocycles. The predicted molar refractivity (Wildman–Crippen MR) is 81.2 cm³/mol. The van der Waals surface area contributed by atoms with Gasteiger partial charge in [-0.15, -0.1) is 0 Å². The van der Waals surface area contributed by atoms with Crippen LogP contribution in [0.1, 0.15) is 29.7 Å². The van der Waals surface area contributed by atoms with Gasteiger partial charge >= 0.3 is 0 Å². The Morgan fingerprint density at radius 1 is 1.25 bits per heavy atom. The molecule has 0 amide bonds. The van der Waals surface area contributed by atoms with Gasteiger partial charge in [0.25, 0.3) is 0 Å². The lowest BCUT2D eigenvalue weighted by atomic mass is 10.2. The lowest BCUT2D eigenvalue weighted by Gasteiger charge is -2.06. The van der Waals surface area contributed by atoms with E-state index in [1.54, 1.807) is 6.26 Å². The minimum atomic E-state index is 0.515. The summed E-state index contributed by atoms with van der Waals surface area (Å²) in [6.45, 7) is 1.98. The highest BCUT2D eigenvalue weighted by Gasteiger charge is 2.20. The Kier molecular flexibility index (Phi) is 4.55. The van der Waals surface area contributed by atoms with Crippen LogP contribution in [-0.4, -0.2) is 6.04 Å². The summed E-state index contributed by atoms with van der Waals surface area (Å²) in [7, 11) is 0. The summed E-state index contributed by atoms with van der Waals surface area (Å²) in [6, 6.07) is 10.9. The number of hydrogen-bond donors (Lipinski definition) is 1. The number of furan rings is 1. The highest BCUT2D eigenvalue weighted by Crippen LogP contribution is 2.21. The van der Waals surface area contributed by atoms with Gasteiger partial charge in [0.05, 0.1) is 12.9 Å². The average Bonchev–Trinajstić information content (AvgIpc) is 3.16. The number of rotatable bonds is 7. The molecule has 0 unspecified atom stereocenters. The van der Waals surface area contributed by atoms with E-state index in [-0.39, 0.29) is 0 Å². The molecule has 1 aliphatic rings. The molecule has 1 N–H and O–H groups in total. The van der Waals surface area contributed by atoms with Crippen LogP contribution in [-0.2, 0) is 24.5 Å². The molecule has 4 heteroatoms. The van der Waals surface area contributed by atoms with Gasteiger partial charge < -0.3 is 14.5 Å². The first kappa shape index (κ1) is 13.9. The number of ether oxygens (including phenoxy) is 1. The second-order valence-electron chi connectivity index (χ2n) is 5.15. The lowest BCUT2D eigenvalue weighted by molar-refractivity contribution is 0.0921. The van der Waals surface area contributed by atoms with Gasteiger partial charge in [0, 0.05) is 22.6 Å². The van der Waals surface area contributed by atoms with Crippen molar-refractivity contribution in [2.24, 2.45) is 0 Å². The van der Waals surface area contributed by atoms with Gasteiger partial charge in [-0.25, -0.2) is 0 Å². The first-order valence-corrected chi connectivity index (χ1v) is 7.71. The van der Waals surface area contributed by atoms with E-state index in [1.165, 1.54) is 18.4 Å². The van der Waals surface area contributed by atoms with Gasteiger partial charge in [-0.05, 0) is 36.6 Å². The van der Waals surface area contributed by atoms with Crippen molar-refractivity contribution in [1.82, 2.24) is 5.32 Å². The van der Waals surface area contributed by atoms with E-state index in [0.29, 0.717) is 19.3 Å². The molecule has 0 saturated heterocycles. The van der Waals surface area contributed by atoms with Crippen LogP contribution in [0.2, 0.25) is 0 Å². The van der Waals surface area contributed by atoms with Crippen LogP contribution >= 0.6 is 15.9 Å². The average molecular weight is 336 g/mol. The Balaban J connectivity index is 1.49. The van der Waals surface area contributed by atoms with Crippen LogP contribution in [0, 0.1) is 0 Å². The molecule has 3 rings (SSSR count). The van der Waals surface area contributed by atoms with Crippen LogP contribution in [0.5, 0.6) is 0 Å². The van der Waals surface area contributed by atoms with Gasteiger partial charge in [0.1, 0.15) is 12.4 Å². The molecule has 0 atom stereocenters. The maximum absolute atomic E-state index is 5.74. The van der Waals surface area contributed by atoms with Crippen molar-refractivity contribution < 1.29 is 9.15 Å². The minimum Gasteiger partial charge on any atom is -0.467 e. The third kappa shape index (κ3) is 3.95. The van der Waals surface area contributed by atoms with Crippen molar-refractivity contribution in [2.45, 2.75) is 38.6 Å². The fraction of sp³-hybridized carbons (Fsp3) is 0.375. The molecule has 2 aromatic rings. The summed E-state index contributed by atoms with van der Waals surface area (Å²) in [4.78, 5) is 0. The van der Waals surface area contributed by atoms with E-state index >= 15 is 0 Å². The monoisotopic (exact) mass is 335 g/mol. The zero-order chi connectivity index (χ0) is 13.8. The smallest absolute Gasteiger partial charge is 0.133 e. The molecule has 106 valence electrons. The summed E-state index contributed by atoms with van der Waals surface area (Å²) in [5.41, 5.74) is 2.36. The zero-order valence-electron chi connectivity index (χ0n) is 11.3. The topological polar surface area (TPSA) is 34.4 Å². The maximum Gasteiger partial charge on any atom is 0.133 e. The van der Waals surface area contributed by atoms with Crippen LogP contribution in [0.3, 0.4) is 0 Å². The molecular formula is C16H18BrNO2. The highest BCUT2D eigenvalue weighted by molar-refractivity contribution is 9.10. The first-order chi connectivity index (χ1) is 9.81. The second kappa shape index (κ2) is 6.57. The van der Waals surface area contributed by atoms with E-state index in [4.69, 9.17) is 9.15 Å². The van der Waals surface area contributed by atoms with Crippen LogP contribution in [0.4, 0.5) is 0 Å². The number of nitrogens with one attached hydrogen (secondary N) is 1. The van der Waals surface area contributed by atoms with E-state index < -0.39 is 0 Å².